The Kier molecular flexibility index (Phi) is 6.11. The molecule has 0 unspecified atom stereocenters. The number of para-hydroxylation sites is 1. The summed E-state index contributed by atoms with van der Waals surface area (Å²) in [5.41, 5.74) is 2.27. The lowest BCUT2D eigenvalue weighted by molar-refractivity contribution is 0.249. The summed E-state index contributed by atoms with van der Waals surface area (Å²) >= 11 is 0. The summed E-state index contributed by atoms with van der Waals surface area (Å²) in [5.74, 6) is 0. The molecule has 0 spiro atoms. The van der Waals surface area contributed by atoms with E-state index in [9.17, 15) is 0 Å². The first-order chi connectivity index (χ1) is 8.65. The summed E-state index contributed by atoms with van der Waals surface area (Å²) < 4.78 is 10.9. The highest BCUT2D eigenvalue weighted by molar-refractivity contribution is 6.65. The molecule has 100 valence electrons. The summed E-state index contributed by atoms with van der Waals surface area (Å²) in [6.45, 7) is 6.82. The van der Waals surface area contributed by atoms with Gasteiger partial charge in [0.2, 0.25) is 0 Å². The molecule has 0 aromatic heterocycles. The van der Waals surface area contributed by atoms with Crippen molar-refractivity contribution in [3.05, 3.63) is 36.4 Å². The van der Waals surface area contributed by atoms with Gasteiger partial charge in [0.25, 0.3) is 0 Å². The van der Waals surface area contributed by atoms with Crippen molar-refractivity contribution in [2.24, 2.45) is 0 Å². The minimum atomic E-state index is -1.92. The zero-order chi connectivity index (χ0) is 13.4. The number of hydrogen-bond acceptors (Lipinski definition) is 3. The third-order valence-electron chi connectivity index (χ3n) is 3.17. The van der Waals surface area contributed by atoms with Crippen LogP contribution in [0.1, 0.15) is 12.0 Å². The summed E-state index contributed by atoms with van der Waals surface area (Å²) in [7, 11) is 1.55. The number of nitrogens with one attached hydrogen (secondary N) is 1. The number of benzene rings is 1. The van der Waals surface area contributed by atoms with Crippen molar-refractivity contribution >= 4 is 20.3 Å². The fourth-order valence-electron chi connectivity index (χ4n) is 1.76. The molecular weight excluding hydrogens is 242 g/mol. The molecule has 0 atom stereocenters. The Morgan fingerprint density at radius 2 is 1.94 bits per heavy atom. The maximum Gasteiger partial charge on any atom is 0.334 e. The van der Waals surface area contributed by atoms with E-state index in [1.54, 1.807) is 14.2 Å². The van der Waals surface area contributed by atoms with E-state index >= 15 is 0 Å². The predicted octanol–water partition coefficient (Wildman–Crippen LogP) is 3.50. The molecule has 0 radical (unpaired) electrons. The zero-order valence-corrected chi connectivity index (χ0v) is 12.5. The van der Waals surface area contributed by atoms with Gasteiger partial charge in [-0.2, -0.15) is 0 Å². The van der Waals surface area contributed by atoms with Crippen LogP contribution in [0.25, 0.3) is 6.08 Å². The van der Waals surface area contributed by atoms with Crippen LogP contribution < -0.4 is 5.32 Å². The Morgan fingerprint density at radius 1 is 1.28 bits per heavy atom. The van der Waals surface area contributed by atoms with Crippen molar-refractivity contribution in [3.8, 4) is 0 Å². The van der Waals surface area contributed by atoms with Crippen molar-refractivity contribution < 1.29 is 8.85 Å². The van der Waals surface area contributed by atoms with Crippen LogP contribution in [0.2, 0.25) is 12.6 Å². The lowest BCUT2D eigenvalue weighted by atomic mass is 10.2. The number of rotatable bonds is 8. The maximum atomic E-state index is 5.46. The van der Waals surface area contributed by atoms with E-state index in [2.05, 4.69) is 30.6 Å². The average Bonchev–Trinajstić information content (AvgIpc) is 2.43. The Morgan fingerprint density at radius 3 is 2.56 bits per heavy atom. The van der Waals surface area contributed by atoms with Crippen molar-refractivity contribution in [1.29, 1.82) is 0 Å². The van der Waals surface area contributed by atoms with Gasteiger partial charge in [0.15, 0.2) is 0 Å². The van der Waals surface area contributed by atoms with Crippen LogP contribution in [0.15, 0.2) is 30.8 Å². The molecular formula is C14H23NO2Si. The summed E-state index contributed by atoms with van der Waals surface area (Å²) in [4.78, 5) is 0. The van der Waals surface area contributed by atoms with Gasteiger partial charge >= 0.3 is 8.56 Å². The first-order valence-corrected chi connectivity index (χ1v) is 8.73. The Hall–Kier alpha value is -1.10. The number of anilines is 1. The minimum Gasteiger partial charge on any atom is -0.398 e. The zero-order valence-electron chi connectivity index (χ0n) is 11.5. The van der Waals surface area contributed by atoms with Crippen LogP contribution in [-0.4, -0.2) is 29.3 Å². The van der Waals surface area contributed by atoms with Gasteiger partial charge in [0, 0.05) is 26.5 Å². The SMILES string of the molecule is C=Cc1ccccc1NCCC[Si](C)(OC)OC. The van der Waals surface area contributed by atoms with E-state index in [0.717, 1.165) is 30.3 Å². The van der Waals surface area contributed by atoms with E-state index in [-0.39, 0.29) is 0 Å². The normalized spacial score (nSPS) is 11.3. The highest BCUT2D eigenvalue weighted by atomic mass is 28.4. The first-order valence-electron chi connectivity index (χ1n) is 6.21. The van der Waals surface area contributed by atoms with E-state index < -0.39 is 8.56 Å². The fraction of sp³-hybridized carbons (Fsp3) is 0.429. The molecule has 0 fully saturated rings. The fourth-order valence-corrected chi connectivity index (χ4v) is 3.15. The molecule has 0 amide bonds. The molecule has 3 nitrogen and oxygen atoms in total. The van der Waals surface area contributed by atoms with Crippen molar-refractivity contribution in [2.75, 3.05) is 26.1 Å². The Bertz CT molecular complexity index is 378. The molecule has 1 N–H and O–H groups in total. The molecule has 0 saturated heterocycles. The van der Waals surface area contributed by atoms with Crippen molar-refractivity contribution in [3.63, 3.8) is 0 Å². The lowest BCUT2D eigenvalue weighted by Crippen LogP contribution is -2.36. The monoisotopic (exact) mass is 265 g/mol. The smallest absolute Gasteiger partial charge is 0.334 e. The quantitative estimate of drug-likeness (QED) is 0.576. The van der Waals surface area contributed by atoms with Crippen LogP contribution in [-0.2, 0) is 8.85 Å². The van der Waals surface area contributed by atoms with Gasteiger partial charge < -0.3 is 14.2 Å². The Balaban J connectivity index is 2.40. The largest absolute Gasteiger partial charge is 0.398 e. The molecule has 0 saturated carbocycles. The predicted molar refractivity (Wildman–Crippen MR) is 80.1 cm³/mol. The van der Waals surface area contributed by atoms with E-state index in [1.807, 2.05) is 18.2 Å². The van der Waals surface area contributed by atoms with E-state index in [4.69, 9.17) is 8.85 Å². The van der Waals surface area contributed by atoms with Gasteiger partial charge in [-0.25, -0.2) is 0 Å². The summed E-state index contributed by atoms with van der Waals surface area (Å²) in [6.07, 6.45) is 2.90. The second kappa shape index (κ2) is 7.36. The second-order valence-electron chi connectivity index (χ2n) is 4.36. The third-order valence-corrected chi connectivity index (χ3v) is 6.16. The van der Waals surface area contributed by atoms with Gasteiger partial charge in [-0.3, -0.25) is 0 Å². The highest BCUT2D eigenvalue weighted by Crippen LogP contribution is 2.17. The van der Waals surface area contributed by atoms with Crippen LogP contribution in [0.5, 0.6) is 0 Å². The highest BCUT2D eigenvalue weighted by Gasteiger charge is 2.27. The van der Waals surface area contributed by atoms with Gasteiger partial charge in [0.05, 0.1) is 0 Å². The lowest BCUT2D eigenvalue weighted by Gasteiger charge is -2.22. The summed E-state index contributed by atoms with van der Waals surface area (Å²) in [5, 5.41) is 3.42. The van der Waals surface area contributed by atoms with Crippen LogP contribution in [0.3, 0.4) is 0 Å². The molecule has 0 aliphatic rings. The molecule has 0 aliphatic heterocycles. The van der Waals surface area contributed by atoms with Gasteiger partial charge in [-0.05, 0) is 30.6 Å². The Labute approximate surface area is 111 Å². The maximum absolute atomic E-state index is 5.46. The van der Waals surface area contributed by atoms with Gasteiger partial charge in [0.1, 0.15) is 0 Å². The molecule has 4 heteroatoms. The van der Waals surface area contributed by atoms with Crippen LogP contribution in [0.4, 0.5) is 5.69 Å². The van der Waals surface area contributed by atoms with Gasteiger partial charge in [-0.15, -0.1) is 0 Å². The molecule has 0 bridgehead atoms. The average molecular weight is 265 g/mol. The van der Waals surface area contributed by atoms with Crippen LogP contribution >= 0.6 is 0 Å². The molecule has 1 rings (SSSR count). The second-order valence-corrected chi connectivity index (χ2v) is 7.95. The molecule has 1 aromatic rings. The minimum absolute atomic E-state index is 0.917. The van der Waals surface area contributed by atoms with E-state index in [1.165, 1.54) is 0 Å². The molecule has 0 aliphatic carbocycles. The third kappa shape index (κ3) is 4.29. The van der Waals surface area contributed by atoms with Crippen molar-refractivity contribution in [1.82, 2.24) is 0 Å². The standard InChI is InChI=1S/C14H23NO2Si/c1-5-13-9-6-7-10-14(13)15-11-8-12-18(4,16-2)17-3/h5-7,9-10,15H,1,8,11-12H2,2-4H3. The number of hydrogen-bond donors (Lipinski definition) is 1. The molecule has 0 heterocycles. The van der Waals surface area contributed by atoms with E-state index in [0.29, 0.717) is 0 Å². The first kappa shape index (κ1) is 15.0. The molecule has 18 heavy (non-hydrogen) atoms. The van der Waals surface area contributed by atoms with Crippen molar-refractivity contribution in [2.45, 2.75) is 19.0 Å². The summed E-state index contributed by atoms with van der Waals surface area (Å²) in [6, 6.07) is 9.16. The topological polar surface area (TPSA) is 30.5 Å². The molecule has 1 aromatic carbocycles. The van der Waals surface area contributed by atoms with Gasteiger partial charge in [-0.1, -0.05) is 30.9 Å². The van der Waals surface area contributed by atoms with Crippen LogP contribution in [0, 0.1) is 0 Å².